The Morgan fingerprint density at radius 2 is 1.73 bits per heavy atom. The van der Waals surface area contributed by atoms with Gasteiger partial charge < -0.3 is 14.4 Å². The van der Waals surface area contributed by atoms with Crippen LogP contribution in [0, 0.1) is 5.92 Å². The van der Waals surface area contributed by atoms with E-state index in [1.165, 1.54) is 16.8 Å². The van der Waals surface area contributed by atoms with E-state index in [-0.39, 0.29) is 29.0 Å². The highest BCUT2D eigenvalue weighted by Crippen LogP contribution is 2.41. The molecule has 0 aliphatic carbocycles. The third-order valence-electron chi connectivity index (χ3n) is 4.72. The molecule has 0 bridgehead atoms. The monoisotopic (exact) mass is 456 g/mol. The number of halogens is 2. The Kier molecular flexibility index (Phi) is 8.52. The largest absolute Gasteiger partial charge is 0.444 e. The second-order valence-corrected chi connectivity index (χ2v) is 9.21. The molecule has 0 heterocycles. The Morgan fingerprint density at radius 3 is 2.17 bits per heavy atom. The summed E-state index contributed by atoms with van der Waals surface area (Å²) in [4.78, 5) is 40.2. The van der Waals surface area contributed by atoms with Crippen LogP contribution in [0.15, 0.2) is 30.5 Å². The molecular formula is C22H30Cl2N2O4. The van der Waals surface area contributed by atoms with E-state index >= 15 is 0 Å². The van der Waals surface area contributed by atoms with Crippen molar-refractivity contribution in [2.24, 2.45) is 5.92 Å². The van der Waals surface area contributed by atoms with Crippen LogP contribution in [0.4, 0.5) is 4.79 Å². The zero-order valence-electron chi connectivity index (χ0n) is 18.6. The molecule has 1 atom stereocenters. The van der Waals surface area contributed by atoms with E-state index in [0.717, 1.165) is 0 Å². The van der Waals surface area contributed by atoms with Gasteiger partial charge in [-0.25, -0.2) is 4.79 Å². The Hall–Kier alpha value is -2.05. The van der Waals surface area contributed by atoms with E-state index in [1.54, 1.807) is 59.9 Å². The molecule has 2 amide bonds. The van der Waals surface area contributed by atoms with Crippen LogP contribution in [0.3, 0.4) is 0 Å². The number of likely N-dealkylation sites (N-methyl/N-ethyl adjacent to an activating group) is 2. The molecule has 0 saturated heterocycles. The van der Waals surface area contributed by atoms with Gasteiger partial charge >= 0.3 is 6.09 Å². The molecule has 6 nitrogen and oxygen atoms in total. The minimum atomic E-state index is -1.42. The lowest BCUT2D eigenvalue weighted by molar-refractivity contribution is -0.132. The van der Waals surface area contributed by atoms with Crippen LogP contribution in [0.25, 0.3) is 0 Å². The summed E-state index contributed by atoms with van der Waals surface area (Å²) in [7, 11) is 3.06. The highest BCUT2D eigenvalue weighted by molar-refractivity contribution is 6.42. The van der Waals surface area contributed by atoms with E-state index in [4.69, 9.17) is 27.9 Å². The maximum atomic E-state index is 13.0. The summed E-state index contributed by atoms with van der Waals surface area (Å²) in [6.07, 6.45) is -0.181. The van der Waals surface area contributed by atoms with Crippen LogP contribution in [0.5, 0.6) is 0 Å². The van der Waals surface area contributed by atoms with Crippen LogP contribution >= 0.6 is 23.2 Å². The third-order valence-corrected chi connectivity index (χ3v) is 5.46. The number of nitrogens with zero attached hydrogens (tertiary/aromatic N) is 2. The molecule has 0 radical (unpaired) electrons. The van der Waals surface area contributed by atoms with Crippen molar-refractivity contribution in [1.82, 2.24) is 9.80 Å². The van der Waals surface area contributed by atoms with Gasteiger partial charge in [-0.3, -0.25) is 9.69 Å². The molecule has 0 spiro atoms. The number of amides is 2. The average molecular weight is 457 g/mol. The van der Waals surface area contributed by atoms with Gasteiger partial charge in [0.25, 0.3) is 0 Å². The second-order valence-electron chi connectivity index (χ2n) is 8.40. The van der Waals surface area contributed by atoms with Gasteiger partial charge in [0.15, 0.2) is 0 Å². The van der Waals surface area contributed by atoms with E-state index in [0.29, 0.717) is 16.9 Å². The summed E-state index contributed by atoms with van der Waals surface area (Å²) in [5, 5.41) is 0.560. The summed E-state index contributed by atoms with van der Waals surface area (Å²) in [6.45, 7) is 12.8. The van der Waals surface area contributed by atoms with Gasteiger partial charge in [0.1, 0.15) is 17.4 Å². The molecule has 0 fully saturated rings. The molecule has 1 aromatic carbocycles. The first-order valence-corrected chi connectivity index (χ1v) is 10.3. The lowest BCUT2D eigenvalue weighted by Gasteiger charge is -2.45. The number of aldehydes is 1. The first kappa shape index (κ1) is 26.0. The van der Waals surface area contributed by atoms with Crippen LogP contribution in [0.1, 0.15) is 46.6 Å². The normalized spacial score (nSPS) is 13.4. The first-order valence-electron chi connectivity index (χ1n) is 9.52. The predicted octanol–water partition coefficient (Wildman–Crippen LogP) is 5.27. The van der Waals surface area contributed by atoms with Crippen LogP contribution in [-0.4, -0.2) is 47.8 Å². The molecule has 0 aromatic heterocycles. The molecule has 0 aliphatic rings. The van der Waals surface area contributed by atoms with Crippen molar-refractivity contribution in [2.75, 3.05) is 14.1 Å². The van der Waals surface area contributed by atoms with Crippen molar-refractivity contribution in [2.45, 2.75) is 52.2 Å². The minimum Gasteiger partial charge on any atom is -0.444 e. The van der Waals surface area contributed by atoms with Crippen molar-refractivity contribution in [3.63, 3.8) is 0 Å². The van der Waals surface area contributed by atoms with Crippen molar-refractivity contribution >= 4 is 41.5 Å². The summed E-state index contributed by atoms with van der Waals surface area (Å²) in [5.74, 6) is -0.533. The number of carbonyl (C=O) groups is 3. The molecule has 1 aromatic rings. The van der Waals surface area contributed by atoms with E-state index in [9.17, 15) is 14.4 Å². The highest BCUT2D eigenvalue weighted by atomic mass is 35.5. The second kappa shape index (κ2) is 9.84. The molecule has 30 heavy (non-hydrogen) atoms. The first-order chi connectivity index (χ1) is 13.7. The van der Waals surface area contributed by atoms with Gasteiger partial charge in [-0.1, -0.05) is 49.7 Å². The summed E-state index contributed by atoms with van der Waals surface area (Å²) in [6, 6.07) is 4.78. The molecule has 166 valence electrons. The Morgan fingerprint density at radius 1 is 1.17 bits per heavy atom. The maximum absolute atomic E-state index is 13.0. The number of carbonyl (C=O) groups excluding carboxylic acids is 3. The molecule has 0 saturated carbocycles. The topological polar surface area (TPSA) is 66.9 Å². The standard InChI is InChI=1S/C22H30Cl2N2O4/c1-14(2)19(28)25(7)15(3)22(11-12-27,16-9-10-17(23)18(24)13-16)26(8)20(29)30-21(4,5)6/h9-10,12-14H,3,11H2,1-2,4-8H3/t22-/m1/s1. The van der Waals surface area contributed by atoms with Gasteiger partial charge in [0.2, 0.25) is 5.91 Å². The number of benzene rings is 1. The van der Waals surface area contributed by atoms with Crippen LogP contribution in [-0.2, 0) is 19.9 Å². The molecule has 0 N–H and O–H groups in total. The lowest BCUT2D eigenvalue weighted by Crippen LogP contribution is -2.54. The van der Waals surface area contributed by atoms with Gasteiger partial charge in [-0.05, 0) is 38.5 Å². The highest BCUT2D eigenvalue weighted by Gasteiger charge is 2.46. The lowest BCUT2D eigenvalue weighted by atomic mass is 9.82. The maximum Gasteiger partial charge on any atom is 0.411 e. The van der Waals surface area contributed by atoms with E-state index in [2.05, 4.69) is 6.58 Å². The number of hydrogen-bond acceptors (Lipinski definition) is 4. The fraction of sp³-hybridized carbons (Fsp3) is 0.500. The smallest absolute Gasteiger partial charge is 0.411 e. The zero-order valence-corrected chi connectivity index (χ0v) is 20.1. The number of hydrogen-bond donors (Lipinski definition) is 0. The quantitative estimate of drug-likeness (QED) is 0.523. The SMILES string of the molecule is C=C(N(C)C(=O)C(C)C)[C@](CC=O)(c1ccc(Cl)c(Cl)c1)N(C)C(=O)OC(C)(C)C. The summed E-state index contributed by atoms with van der Waals surface area (Å²) in [5.41, 5.74) is -1.47. The predicted molar refractivity (Wildman–Crippen MR) is 120 cm³/mol. The Labute approximate surface area is 188 Å². The molecule has 0 aliphatic heterocycles. The van der Waals surface area contributed by atoms with Crippen LogP contribution in [0.2, 0.25) is 10.0 Å². The summed E-state index contributed by atoms with van der Waals surface area (Å²) < 4.78 is 5.53. The Bertz CT molecular complexity index is 833. The van der Waals surface area contributed by atoms with Crippen molar-refractivity contribution < 1.29 is 19.1 Å². The third kappa shape index (κ3) is 5.55. The number of rotatable bonds is 7. The minimum absolute atomic E-state index is 0.171. The van der Waals surface area contributed by atoms with Gasteiger partial charge in [-0.15, -0.1) is 0 Å². The van der Waals surface area contributed by atoms with Gasteiger partial charge in [0, 0.05) is 32.1 Å². The van der Waals surface area contributed by atoms with Gasteiger partial charge in [-0.2, -0.15) is 0 Å². The van der Waals surface area contributed by atoms with Crippen LogP contribution < -0.4 is 0 Å². The van der Waals surface area contributed by atoms with Crippen molar-refractivity contribution in [3.05, 3.63) is 46.1 Å². The summed E-state index contributed by atoms with van der Waals surface area (Å²) >= 11 is 12.3. The fourth-order valence-electron chi connectivity index (χ4n) is 3.08. The van der Waals surface area contributed by atoms with Gasteiger partial charge in [0.05, 0.1) is 10.0 Å². The van der Waals surface area contributed by atoms with Crippen molar-refractivity contribution in [1.29, 1.82) is 0 Å². The molecule has 0 unspecified atom stereocenters. The number of ether oxygens (including phenoxy) is 1. The van der Waals surface area contributed by atoms with E-state index in [1.807, 2.05) is 0 Å². The van der Waals surface area contributed by atoms with Crippen molar-refractivity contribution in [3.8, 4) is 0 Å². The molecule has 1 rings (SSSR count). The van der Waals surface area contributed by atoms with E-state index < -0.39 is 17.2 Å². The zero-order chi connectivity index (χ0) is 23.4. The Balaban J connectivity index is 3.74. The average Bonchev–Trinajstić information content (AvgIpc) is 2.64. The molecular weight excluding hydrogens is 427 g/mol. The molecule has 8 heteroatoms. The fourth-order valence-corrected chi connectivity index (χ4v) is 3.38.